The smallest absolute Gasteiger partial charge is 0.0787 e. The predicted octanol–water partition coefficient (Wildman–Crippen LogP) is 2.08. The molecule has 1 aliphatic carbocycles. The fraction of sp³-hybridized carbons (Fsp3) is 1.00. The molecule has 17 heavy (non-hydrogen) atoms. The molecule has 0 aromatic heterocycles. The van der Waals surface area contributed by atoms with Gasteiger partial charge in [0.15, 0.2) is 0 Å². The SMILES string of the molecule is CC1(C)CC(NCC2CCC(O)C2)C(C)(C)O1. The molecule has 2 N–H and O–H groups in total. The molecule has 0 aromatic carbocycles. The van der Waals surface area contributed by atoms with Crippen molar-refractivity contribution in [1.29, 1.82) is 0 Å². The van der Waals surface area contributed by atoms with Gasteiger partial charge in [0.2, 0.25) is 0 Å². The van der Waals surface area contributed by atoms with E-state index in [1.807, 2.05) is 0 Å². The van der Waals surface area contributed by atoms with Gasteiger partial charge in [-0.05, 0) is 65.8 Å². The summed E-state index contributed by atoms with van der Waals surface area (Å²) in [5.74, 6) is 0.643. The first-order valence-corrected chi connectivity index (χ1v) is 6.90. The third kappa shape index (κ3) is 3.21. The Labute approximate surface area is 105 Å². The lowest BCUT2D eigenvalue weighted by atomic mass is 9.94. The van der Waals surface area contributed by atoms with E-state index in [4.69, 9.17) is 4.74 Å². The number of hydrogen-bond acceptors (Lipinski definition) is 3. The van der Waals surface area contributed by atoms with Crippen LogP contribution in [0.5, 0.6) is 0 Å². The number of nitrogens with one attached hydrogen (secondary N) is 1. The summed E-state index contributed by atoms with van der Waals surface area (Å²) in [6.07, 6.45) is 4.10. The Morgan fingerprint density at radius 1 is 1.24 bits per heavy atom. The Bertz CT molecular complexity index is 275. The van der Waals surface area contributed by atoms with Gasteiger partial charge in [-0.3, -0.25) is 0 Å². The monoisotopic (exact) mass is 241 g/mol. The molecule has 1 saturated carbocycles. The molecule has 3 heteroatoms. The summed E-state index contributed by atoms with van der Waals surface area (Å²) in [7, 11) is 0. The maximum atomic E-state index is 9.52. The molecule has 0 radical (unpaired) electrons. The van der Waals surface area contributed by atoms with E-state index < -0.39 is 0 Å². The van der Waals surface area contributed by atoms with Crippen LogP contribution in [0.1, 0.15) is 53.4 Å². The lowest BCUT2D eigenvalue weighted by Crippen LogP contribution is -2.44. The molecule has 0 bridgehead atoms. The van der Waals surface area contributed by atoms with Gasteiger partial charge in [0.1, 0.15) is 0 Å². The zero-order valence-corrected chi connectivity index (χ0v) is 11.6. The van der Waals surface area contributed by atoms with Gasteiger partial charge in [0.05, 0.1) is 17.3 Å². The average Bonchev–Trinajstić information content (AvgIpc) is 2.64. The molecule has 2 aliphatic rings. The van der Waals surface area contributed by atoms with Gasteiger partial charge in [-0.15, -0.1) is 0 Å². The molecule has 0 spiro atoms. The van der Waals surface area contributed by atoms with Gasteiger partial charge in [0, 0.05) is 6.04 Å². The van der Waals surface area contributed by atoms with Gasteiger partial charge < -0.3 is 15.2 Å². The van der Waals surface area contributed by atoms with E-state index >= 15 is 0 Å². The molecule has 1 aliphatic heterocycles. The van der Waals surface area contributed by atoms with Crippen LogP contribution in [0.15, 0.2) is 0 Å². The number of aliphatic hydroxyl groups is 1. The van der Waals surface area contributed by atoms with Crippen molar-refractivity contribution in [2.75, 3.05) is 6.54 Å². The second-order valence-corrected chi connectivity index (χ2v) is 6.96. The van der Waals surface area contributed by atoms with Gasteiger partial charge in [-0.25, -0.2) is 0 Å². The summed E-state index contributed by atoms with van der Waals surface area (Å²) in [4.78, 5) is 0. The second-order valence-electron chi connectivity index (χ2n) is 6.96. The number of rotatable bonds is 3. The Hall–Kier alpha value is -0.120. The van der Waals surface area contributed by atoms with Crippen LogP contribution in [0.25, 0.3) is 0 Å². The number of hydrogen-bond donors (Lipinski definition) is 2. The van der Waals surface area contributed by atoms with Crippen LogP contribution < -0.4 is 5.32 Å². The first kappa shape index (κ1) is 13.3. The molecule has 3 unspecified atom stereocenters. The van der Waals surface area contributed by atoms with Crippen molar-refractivity contribution in [1.82, 2.24) is 5.32 Å². The normalized spacial score (nSPS) is 39.7. The van der Waals surface area contributed by atoms with Crippen molar-refractivity contribution >= 4 is 0 Å². The first-order valence-electron chi connectivity index (χ1n) is 6.90. The third-order valence-electron chi connectivity index (χ3n) is 4.24. The zero-order chi connectivity index (χ0) is 12.7. The molecule has 2 fully saturated rings. The third-order valence-corrected chi connectivity index (χ3v) is 4.24. The van der Waals surface area contributed by atoms with Gasteiger partial charge in [-0.1, -0.05) is 0 Å². The molecule has 100 valence electrons. The summed E-state index contributed by atoms with van der Waals surface area (Å²) in [5, 5.41) is 13.2. The van der Waals surface area contributed by atoms with Crippen molar-refractivity contribution in [3.05, 3.63) is 0 Å². The zero-order valence-electron chi connectivity index (χ0n) is 11.6. The molecular formula is C14H27NO2. The van der Waals surface area contributed by atoms with E-state index in [9.17, 15) is 5.11 Å². The van der Waals surface area contributed by atoms with E-state index in [2.05, 4.69) is 33.0 Å². The van der Waals surface area contributed by atoms with Crippen molar-refractivity contribution < 1.29 is 9.84 Å². The van der Waals surface area contributed by atoms with Gasteiger partial charge in [-0.2, -0.15) is 0 Å². The summed E-state index contributed by atoms with van der Waals surface area (Å²) >= 11 is 0. The quantitative estimate of drug-likeness (QED) is 0.795. The van der Waals surface area contributed by atoms with E-state index in [1.54, 1.807) is 0 Å². The Balaban J connectivity index is 1.83. The Morgan fingerprint density at radius 2 is 1.94 bits per heavy atom. The number of aliphatic hydroxyl groups excluding tert-OH is 1. The van der Waals surface area contributed by atoms with E-state index in [1.165, 1.54) is 0 Å². The van der Waals surface area contributed by atoms with Crippen LogP contribution in [0.4, 0.5) is 0 Å². The van der Waals surface area contributed by atoms with Crippen LogP contribution in [0, 0.1) is 5.92 Å². The molecule has 0 aromatic rings. The van der Waals surface area contributed by atoms with Crippen LogP contribution in [0.3, 0.4) is 0 Å². The van der Waals surface area contributed by atoms with Crippen LogP contribution in [-0.4, -0.2) is 35.0 Å². The van der Waals surface area contributed by atoms with E-state index in [0.717, 1.165) is 32.2 Å². The van der Waals surface area contributed by atoms with Crippen molar-refractivity contribution in [2.45, 2.75) is 76.7 Å². The van der Waals surface area contributed by atoms with Crippen molar-refractivity contribution in [3.8, 4) is 0 Å². The molecule has 1 saturated heterocycles. The molecule has 0 amide bonds. The van der Waals surface area contributed by atoms with Gasteiger partial charge >= 0.3 is 0 Å². The number of ether oxygens (including phenoxy) is 1. The molecule has 3 nitrogen and oxygen atoms in total. The van der Waals surface area contributed by atoms with E-state index in [0.29, 0.717) is 12.0 Å². The minimum atomic E-state index is -0.0826. The minimum absolute atomic E-state index is 0.0175. The largest absolute Gasteiger partial charge is 0.393 e. The van der Waals surface area contributed by atoms with Crippen molar-refractivity contribution in [2.24, 2.45) is 5.92 Å². The molecule has 3 atom stereocenters. The summed E-state index contributed by atoms with van der Waals surface area (Å²) in [6, 6.07) is 0.426. The maximum absolute atomic E-state index is 9.52. The lowest BCUT2D eigenvalue weighted by molar-refractivity contribution is -0.0699. The fourth-order valence-electron chi connectivity index (χ4n) is 3.42. The van der Waals surface area contributed by atoms with Gasteiger partial charge in [0.25, 0.3) is 0 Å². The van der Waals surface area contributed by atoms with Crippen LogP contribution in [-0.2, 0) is 4.74 Å². The van der Waals surface area contributed by atoms with Crippen LogP contribution in [0.2, 0.25) is 0 Å². The molecule has 2 rings (SSSR count). The highest BCUT2D eigenvalue weighted by molar-refractivity contribution is 4.99. The summed E-state index contributed by atoms with van der Waals surface area (Å²) in [6.45, 7) is 9.68. The van der Waals surface area contributed by atoms with E-state index in [-0.39, 0.29) is 17.3 Å². The lowest BCUT2D eigenvalue weighted by Gasteiger charge is -2.28. The van der Waals surface area contributed by atoms with Crippen molar-refractivity contribution in [3.63, 3.8) is 0 Å². The first-order chi connectivity index (χ1) is 7.78. The predicted molar refractivity (Wildman–Crippen MR) is 69.0 cm³/mol. The minimum Gasteiger partial charge on any atom is -0.393 e. The Morgan fingerprint density at radius 3 is 2.41 bits per heavy atom. The van der Waals surface area contributed by atoms with Crippen LogP contribution >= 0.6 is 0 Å². The Kier molecular flexibility index (Phi) is 3.54. The highest BCUT2D eigenvalue weighted by Gasteiger charge is 2.45. The average molecular weight is 241 g/mol. The standard InChI is InChI=1S/C14H27NO2/c1-13(2)8-12(14(3,4)17-13)15-9-10-5-6-11(16)7-10/h10-12,15-16H,5-9H2,1-4H3. The topological polar surface area (TPSA) is 41.5 Å². The highest BCUT2D eigenvalue weighted by Crippen LogP contribution is 2.37. The summed E-state index contributed by atoms with van der Waals surface area (Å²) in [5.41, 5.74) is -0.100. The highest BCUT2D eigenvalue weighted by atomic mass is 16.5. The summed E-state index contributed by atoms with van der Waals surface area (Å²) < 4.78 is 6.07. The molecular weight excluding hydrogens is 214 g/mol. The molecule has 1 heterocycles. The maximum Gasteiger partial charge on any atom is 0.0787 e. The second kappa shape index (κ2) is 4.52. The fourth-order valence-corrected chi connectivity index (χ4v) is 3.42.